The molecule has 0 radical (unpaired) electrons. The van der Waals surface area contributed by atoms with Gasteiger partial charge in [-0.15, -0.1) is 11.6 Å². The number of hydroxylamine groups is 1. The molecule has 0 heterocycles. The summed E-state index contributed by atoms with van der Waals surface area (Å²) in [6, 6.07) is 9.27. The van der Waals surface area contributed by atoms with Gasteiger partial charge in [-0.1, -0.05) is 18.2 Å². The van der Waals surface area contributed by atoms with Crippen LogP contribution in [0.2, 0.25) is 0 Å². The first kappa shape index (κ1) is 9.03. The summed E-state index contributed by atoms with van der Waals surface area (Å²) in [5.74, 6) is 0.494. The summed E-state index contributed by atoms with van der Waals surface area (Å²) < 4.78 is 0. The molecule has 0 unspecified atom stereocenters. The lowest BCUT2D eigenvalue weighted by Gasteiger charge is -1.98. The SMILES string of the molecule is ONC(CCl)=Nc1ccccc1. The van der Waals surface area contributed by atoms with Crippen molar-refractivity contribution < 1.29 is 5.21 Å². The van der Waals surface area contributed by atoms with E-state index >= 15 is 0 Å². The molecule has 1 rings (SSSR count). The van der Waals surface area contributed by atoms with Crippen LogP contribution < -0.4 is 5.48 Å². The Morgan fingerprint density at radius 3 is 2.58 bits per heavy atom. The molecule has 4 heteroatoms. The molecule has 0 aromatic heterocycles. The van der Waals surface area contributed by atoms with Crippen molar-refractivity contribution in [3.63, 3.8) is 0 Å². The number of rotatable bonds is 2. The van der Waals surface area contributed by atoms with Gasteiger partial charge in [-0.2, -0.15) is 0 Å². The molecule has 0 atom stereocenters. The molecule has 0 amide bonds. The number of nitrogens with one attached hydrogen (secondary N) is 1. The molecule has 0 saturated carbocycles. The van der Waals surface area contributed by atoms with Crippen molar-refractivity contribution in [1.29, 1.82) is 0 Å². The van der Waals surface area contributed by atoms with Gasteiger partial charge >= 0.3 is 0 Å². The molecule has 64 valence electrons. The molecule has 1 aromatic carbocycles. The van der Waals surface area contributed by atoms with Gasteiger partial charge in [0.25, 0.3) is 0 Å². The maximum atomic E-state index is 8.52. The van der Waals surface area contributed by atoms with E-state index < -0.39 is 0 Å². The van der Waals surface area contributed by atoms with Crippen molar-refractivity contribution in [2.75, 3.05) is 5.88 Å². The zero-order chi connectivity index (χ0) is 8.81. The van der Waals surface area contributed by atoms with Crippen LogP contribution in [0.15, 0.2) is 35.3 Å². The molecule has 1 aromatic rings. The first-order valence-electron chi connectivity index (χ1n) is 3.45. The van der Waals surface area contributed by atoms with Crippen LogP contribution in [0, 0.1) is 0 Å². The third-order valence-electron chi connectivity index (χ3n) is 1.28. The van der Waals surface area contributed by atoms with E-state index in [1.807, 2.05) is 35.8 Å². The van der Waals surface area contributed by atoms with Gasteiger partial charge < -0.3 is 0 Å². The number of para-hydroxylation sites is 1. The smallest absolute Gasteiger partial charge is 0.141 e. The summed E-state index contributed by atoms with van der Waals surface area (Å²) in [6.45, 7) is 0. The standard InChI is InChI=1S/C8H9ClN2O/c9-6-8(11-12)10-7-4-2-1-3-5-7/h1-5,12H,6H2,(H,10,11). The summed E-state index contributed by atoms with van der Waals surface area (Å²) in [6.07, 6.45) is 0. The quantitative estimate of drug-likeness (QED) is 0.319. The second-order valence-electron chi connectivity index (χ2n) is 2.14. The Hall–Kier alpha value is -1.06. The van der Waals surface area contributed by atoms with Gasteiger partial charge in [0.2, 0.25) is 0 Å². The number of aliphatic imine (C=N–C) groups is 1. The Kier molecular flexibility index (Phi) is 3.57. The van der Waals surface area contributed by atoms with Gasteiger partial charge in [0.05, 0.1) is 11.6 Å². The predicted octanol–water partition coefficient (Wildman–Crippen LogP) is 1.93. The van der Waals surface area contributed by atoms with E-state index in [4.69, 9.17) is 16.8 Å². The zero-order valence-corrected chi connectivity index (χ0v) is 7.12. The largest absolute Gasteiger partial charge is 0.290 e. The molecule has 0 saturated heterocycles. The first-order valence-corrected chi connectivity index (χ1v) is 3.99. The summed E-state index contributed by atoms with van der Waals surface area (Å²) in [4.78, 5) is 4.02. The highest BCUT2D eigenvalue weighted by Crippen LogP contribution is 2.09. The maximum Gasteiger partial charge on any atom is 0.141 e. The molecule has 2 N–H and O–H groups in total. The van der Waals surface area contributed by atoms with E-state index in [9.17, 15) is 0 Å². The van der Waals surface area contributed by atoms with E-state index in [0.29, 0.717) is 5.84 Å². The highest BCUT2D eigenvalue weighted by atomic mass is 35.5. The number of benzene rings is 1. The Morgan fingerprint density at radius 2 is 2.08 bits per heavy atom. The van der Waals surface area contributed by atoms with E-state index in [-0.39, 0.29) is 5.88 Å². The molecule has 0 bridgehead atoms. The van der Waals surface area contributed by atoms with Crippen molar-refractivity contribution >= 4 is 23.1 Å². The molecule has 0 aliphatic heterocycles. The zero-order valence-electron chi connectivity index (χ0n) is 6.37. The van der Waals surface area contributed by atoms with Crippen LogP contribution in [-0.4, -0.2) is 16.9 Å². The number of hydrogen-bond acceptors (Lipinski definition) is 2. The third kappa shape index (κ3) is 2.53. The molecule has 0 spiro atoms. The average molecular weight is 185 g/mol. The molecular weight excluding hydrogens is 176 g/mol. The van der Waals surface area contributed by atoms with E-state index in [1.165, 1.54) is 0 Å². The second kappa shape index (κ2) is 4.74. The minimum Gasteiger partial charge on any atom is -0.290 e. The topological polar surface area (TPSA) is 44.6 Å². The molecule has 0 fully saturated rings. The van der Waals surface area contributed by atoms with Crippen molar-refractivity contribution in [3.8, 4) is 0 Å². The Balaban J connectivity index is 2.79. The molecule has 0 aliphatic rings. The van der Waals surface area contributed by atoms with Crippen LogP contribution in [0.25, 0.3) is 0 Å². The fraction of sp³-hybridized carbons (Fsp3) is 0.125. The van der Waals surface area contributed by atoms with Gasteiger partial charge in [0.1, 0.15) is 5.84 Å². The van der Waals surface area contributed by atoms with Crippen LogP contribution in [0.4, 0.5) is 5.69 Å². The summed E-state index contributed by atoms with van der Waals surface area (Å²) in [5, 5.41) is 8.52. The fourth-order valence-corrected chi connectivity index (χ4v) is 0.863. The van der Waals surface area contributed by atoms with Gasteiger partial charge in [-0.25, -0.2) is 4.99 Å². The predicted molar refractivity (Wildman–Crippen MR) is 49.2 cm³/mol. The van der Waals surface area contributed by atoms with Crippen LogP contribution in [0.1, 0.15) is 0 Å². The summed E-state index contributed by atoms with van der Waals surface area (Å²) in [5.41, 5.74) is 2.68. The van der Waals surface area contributed by atoms with Gasteiger partial charge in [0, 0.05) is 0 Å². The number of nitrogens with zero attached hydrogens (tertiary/aromatic N) is 1. The van der Waals surface area contributed by atoms with Crippen LogP contribution in [0.3, 0.4) is 0 Å². The van der Waals surface area contributed by atoms with Crippen molar-refractivity contribution in [1.82, 2.24) is 5.48 Å². The Bertz CT molecular complexity index is 255. The molecule has 3 nitrogen and oxygen atoms in total. The van der Waals surface area contributed by atoms with Crippen LogP contribution in [-0.2, 0) is 0 Å². The Labute approximate surface area is 75.7 Å². The molecular formula is C8H9ClN2O. The lowest BCUT2D eigenvalue weighted by Crippen LogP contribution is -2.19. The lowest BCUT2D eigenvalue weighted by molar-refractivity contribution is 0.234. The van der Waals surface area contributed by atoms with Crippen molar-refractivity contribution in [2.24, 2.45) is 4.99 Å². The van der Waals surface area contributed by atoms with Crippen LogP contribution in [0.5, 0.6) is 0 Å². The number of alkyl halides is 1. The third-order valence-corrected chi connectivity index (χ3v) is 1.53. The number of hydrogen-bond donors (Lipinski definition) is 2. The van der Waals surface area contributed by atoms with Crippen molar-refractivity contribution in [2.45, 2.75) is 0 Å². The maximum absolute atomic E-state index is 8.52. The number of halogens is 1. The van der Waals surface area contributed by atoms with E-state index in [0.717, 1.165) is 5.69 Å². The first-order chi connectivity index (χ1) is 5.86. The molecule has 12 heavy (non-hydrogen) atoms. The minimum absolute atomic E-state index is 0.158. The second-order valence-corrected chi connectivity index (χ2v) is 2.41. The molecule has 0 aliphatic carbocycles. The summed E-state index contributed by atoms with van der Waals surface area (Å²) >= 11 is 5.46. The van der Waals surface area contributed by atoms with Crippen molar-refractivity contribution in [3.05, 3.63) is 30.3 Å². The Morgan fingerprint density at radius 1 is 1.42 bits per heavy atom. The average Bonchev–Trinajstić information content (AvgIpc) is 2.16. The normalized spacial score (nSPS) is 11.3. The van der Waals surface area contributed by atoms with E-state index in [2.05, 4.69) is 4.99 Å². The fourth-order valence-electron chi connectivity index (χ4n) is 0.743. The monoisotopic (exact) mass is 184 g/mol. The van der Waals surface area contributed by atoms with Gasteiger partial charge in [-0.05, 0) is 12.1 Å². The number of amidine groups is 1. The highest BCUT2D eigenvalue weighted by molar-refractivity contribution is 6.28. The van der Waals surface area contributed by atoms with Gasteiger partial charge in [-0.3, -0.25) is 10.7 Å². The minimum atomic E-state index is 0.158. The van der Waals surface area contributed by atoms with Crippen LogP contribution >= 0.6 is 11.6 Å². The lowest BCUT2D eigenvalue weighted by atomic mass is 10.3. The highest BCUT2D eigenvalue weighted by Gasteiger charge is 1.93. The van der Waals surface area contributed by atoms with E-state index in [1.54, 1.807) is 0 Å². The van der Waals surface area contributed by atoms with Gasteiger partial charge in [0.15, 0.2) is 0 Å². The summed E-state index contributed by atoms with van der Waals surface area (Å²) in [7, 11) is 0.